The lowest BCUT2D eigenvalue weighted by Crippen LogP contribution is -2.00. The Labute approximate surface area is 128 Å². The van der Waals surface area contributed by atoms with Gasteiger partial charge in [0.15, 0.2) is 0 Å². The summed E-state index contributed by atoms with van der Waals surface area (Å²) in [5.74, 6) is -0.341. The number of hydrogen-bond acceptors (Lipinski definition) is 4. The minimum Gasteiger partial charge on any atom is -0.455 e. The second-order valence-electron chi connectivity index (χ2n) is 4.28. The molecule has 21 heavy (non-hydrogen) atoms. The summed E-state index contributed by atoms with van der Waals surface area (Å²) in [4.78, 5) is 10.3. The van der Waals surface area contributed by atoms with Crippen LogP contribution in [0.1, 0.15) is 18.6 Å². The van der Waals surface area contributed by atoms with Crippen LogP contribution in [0.25, 0.3) is 0 Å². The van der Waals surface area contributed by atoms with E-state index in [1.165, 1.54) is 43.3 Å². The number of halogens is 2. The highest BCUT2D eigenvalue weighted by Gasteiger charge is 2.19. The molecule has 0 bridgehead atoms. The highest BCUT2D eigenvalue weighted by Crippen LogP contribution is 2.38. The summed E-state index contributed by atoms with van der Waals surface area (Å²) < 4.78 is 19.4. The highest BCUT2D eigenvalue weighted by molar-refractivity contribution is 9.10. The van der Waals surface area contributed by atoms with E-state index in [1.807, 2.05) is 0 Å². The van der Waals surface area contributed by atoms with Gasteiger partial charge in [0, 0.05) is 6.07 Å². The van der Waals surface area contributed by atoms with Gasteiger partial charge in [0.2, 0.25) is 0 Å². The third-order valence-electron chi connectivity index (χ3n) is 2.79. The minimum absolute atomic E-state index is 0.00379. The molecule has 0 aliphatic carbocycles. The fraction of sp³-hybridized carbons (Fsp3) is 0.143. The molecule has 2 aromatic rings. The maximum atomic E-state index is 13.8. The highest BCUT2D eigenvalue weighted by atomic mass is 79.9. The first-order valence-electron chi connectivity index (χ1n) is 5.99. The van der Waals surface area contributed by atoms with E-state index in [2.05, 4.69) is 15.9 Å². The van der Waals surface area contributed by atoms with Gasteiger partial charge in [-0.25, -0.2) is 4.39 Å². The van der Waals surface area contributed by atoms with Crippen molar-refractivity contribution in [1.29, 1.82) is 0 Å². The Morgan fingerprint density at radius 2 is 1.90 bits per heavy atom. The maximum Gasteiger partial charge on any atom is 0.287 e. The number of nitrogens with zero attached hydrogens (tertiary/aromatic N) is 1. The van der Waals surface area contributed by atoms with Gasteiger partial charge in [-0.2, -0.15) is 0 Å². The van der Waals surface area contributed by atoms with Gasteiger partial charge in [0.05, 0.1) is 16.6 Å². The first-order chi connectivity index (χ1) is 9.91. The molecule has 110 valence electrons. The van der Waals surface area contributed by atoms with Gasteiger partial charge in [-0.3, -0.25) is 10.1 Å². The average Bonchev–Trinajstić information content (AvgIpc) is 2.40. The molecule has 2 aromatic carbocycles. The Kier molecular flexibility index (Phi) is 4.54. The molecule has 0 spiro atoms. The van der Waals surface area contributed by atoms with E-state index in [4.69, 9.17) is 4.74 Å². The first kappa shape index (κ1) is 15.4. The quantitative estimate of drug-likeness (QED) is 0.653. The smallest absolute Gasteiger partial charge is 0.287 e. The maximum absolute atomic E-state index is 13.8. The number of nitro benzene ring substituents is 1. The van der Waals surface area contributed by atoms with Gasteiger partial charge < -0.3 is 9.84 Å². The van der Waals surface area contributed by atoms with Gasteiger partial charge in [-0.1, -0.05) is 12.1 Å². The summed E-state index contributed by atoms with van der Waals surface area (Å²) in [7, 11) is 0. The van der Waals surface area contributed by atoms with Crippen molar-refractivity contribution in [2.45, 2.75) is 13.0 Å². The molecule has 5 nitrogen and oxygen atoms in total. The lowest BCUT2D eigenvalue weighted by Gasteiger charge is -2.14. The zero-order valence-electron chi connectivity index (χ0n) is 10.9. The van der Waals surface area contributed by atoms with Crippen molar-refractivity contribution in [3.63, 3.8) is 0 Å². The molecule has 0 amide bonds. The van der Waals surface area contributed by atoms with E-state index in [0.717, 1.165) is 0 Å². The van der Waals surface area contributed by atoms with Crippen molar-refractivity contribution in [2.24, 2.45) is 0 Å². The number of hydrogen-bond donors (Lipinski definition) is 1. The van der Waals surface area contributed by atoms with Gasteiger partial charge >= 0.3 is 0 Å². The van der Waals surface area contributed by atoms with Crippen molar-refractivity contribution in [1.82, 2.24) is 0 Å². The zero-order chi connectivity index (χ0) is 15.6. The Morgan fingerprint density at radius 3 is 2.52 bits per heavy atom. The normalized spacial score (nSPS) is 12.0. The number of benzene rings is 2. The number of ether oxygens (including phenoxy) is 1. The molecule has 0 unspecified atom stereocenters. The van der Waals surface area contributed by atoms with Crippen molar-refractivity contribution in [2.75, 3.05) is 0 Å². The predicted molar refractivity (Wildman–Crippen MR) is 77.9 cm³/mol. The number of aliphatic hydroxyl groups excluding tert-OH is 1. The van der Waals surface area contributed by atoms with Crippen LogP contribution in [0.15, 0.2) is 40.9 Å². The second-order valence-corrected chi connectivity index (χ2v) is 5.07. The minimum atomic E-state index is -1.07. The summed E-state index contributed by atoms with van der Waals surface area (Å²) in [6, 6.07) is 8.40. The molecular weight excluding hydrogens is 345 g/mol. The fourth-order valence-corrected chi connectivity index (χ4v) is 2.34. The average molecular weight is 356 g/mol. The molecule has 0 saturated carbocycles. The lowest BCUT2D eigenvalue weighted by atomic mass is 10.1. The number of nitro groups is 1. The topological polar surface area (TPSA) is 72.6 Å². The molecule has 7 heteroatoms. The van der Waals surface area contributed by atoms with Gasteiger partial charge in [-0.15, -0.1) is 0 Å². The molecular formula is C14H11BrFNO4. The molecule has 1 atom stereocenters. The summed E-state index contributed by atoms with van der Waals surface area (Å²) in [5.41, 5.74) is -0.168. The van der Waals surface area contributed by atoms with Crippen LogP contribution >= 0.6 is 15.9 Å². The predicted octanol–water partition coefficient (Wildman–Crippen LogP) is 4.34. The standard InChI is InChI=1S/C14H11BrFNO4/c1-8(18)13-9(16)4-2-6-11(13)21-12-7-3-5-10(14(12)15)17(19)20/h2-8,18H,1H3/t8-/m1/s1. The molecule has 0 fully saturated rings. The SMILES string of the molecule is C[C@@H](O)c1c(F)cccc1Oc1cccc([N+](=O)[O-])c1Br. The summed E-state index contributed by atoms with van der Waals surface area (Å²) >= 11 is 3.10. The third kappa shape index (κ3) is 3.20. The van der Waals surface area contributed by atoms with E-state index in [1.54, 1.807) is 0 Å². The van der Waals surface area contributed by atoms with Gasteiger partial charge in [-0.05, 0) is 41.1 Å². The Balaban J connectivity index is 2.47. The van der Waals surface area contributed by atoms with E-state index in [9.17, 15) is 19.6 Å². The van der Waals surface area contributed by atoms with Crippen molar-refractivity contribution in [3.05, 3.63) is 62.4 Å². The summed E-state index contributed by atoms with van der Waals surface area (Å²) in [6.45, 7) is 1.41. The Bertz CT molecular complexity index is 691. The van der Waals surface area contributed by atoms with E-state index in [0.29, 0.717) is 0 Å². The van der Waals surface area contributed by atoms with Crippen LogP contribution in [-0.4, -0.2) is 10.0 Å². The largest absolute Gasteiger partial charge is 0.455 e. The Hall–Kier alpha value is -1.99. The molecule has 0 aromatic heterocycles. The van der Waals surface area contributed by atoms with Gasteiger partial charge in [0.25, 0.3) is 5.69 Å². The fourth-order valence-electron chi connectivity index (χ4n) is 1.85. The molecule has 1 N–H and O–H groups in total. The van der Waals surface area contributed by atoms with Crippen LogP contribution in [-0.2, 0) is 0 Å². The van der Waals surface area contributed by atoms with Crippen molar-refractivity contribution >= 4 is 21.6 Å². The van der Waals surface area contributed by atoms with Crippen LogP contribution < -0.4 is 4.74 Å². The van der Waals surface area contributed by atoms with E-state index in [-0.39, 0.29) is 27.2 Å². The van der Waals surface area contributed by atoms with Crippen LogP contribution in [0.2, 0.25) is 0 Å². The zero-order valence-corrected chi connectivity index (χ0v) is 12.5. The molecule has 0 radical (unpaired) electrons. The number of aliphatic hydroxyl groups is 1. The van der Waals surface area contributed by atoms with Gasteiger partial charge in [0.1, 0.15) is 21.8 Å². The Morgan fingerprint density at radius 1 is 1.29 bits per heavy atom. The summed E-state index contributed by atoms with van der Waals surface area (Å²) in [5, 5.41) is 20.5. The van der Waals surface area contributed by atoms with E-state index >= 15 is 0 Å². The molecule has 2 rings (SSSR count). The molecule has 0 heterocycles. The van der Waals surface area contributed by atoms with Crippen LogP contribution in [0.4, 0.5) is 10.1 Å². The first-order valence-corrected chi connectivity index (χ1v) is 6.78. The second kappa shape index (κ2) is 6.19. The van der Waals surface area contributed by atoms with E-state index < -0.39 is 16.8 Å². The van der Waals surface area contributed by atoms with Crippen molar-refractivity contribution < 1.29 is 19.2 Å². The summed E-state index contributed by atoms with van der Waals surface area (Å²) in [6.07, 6.45) is -1.07. The number of rotatable bonds is 4. The molecule has 0 aliphatic rings. The van der Waals surface area contributed by atoms with Crippen LogP contribution in [0, 0.1) is 15.9 Å². The van der Waals surface area contributed by atoms with Crippen LogP contribution in [0.5, 0.6) is 11.5 Å². The van der Waals surface area contributed by atoms with Crippen LogP contribution in [0.3, 0.4) is 0 Å². The lowest BCUT2D eigenvalue weighted by molar-refractivity contribution is -0.385. The van der Waals surface area contributed by atoms with Crippen molar-refractivity contribution in [3.8, 4) is 11.5 Å². The monoisotopic (exact) mass is 355 g/mol. The molecule has 0 aliphatic heterocycles. The third-order valence-corrected chi connectivity index (χ3v) is 3.59. The molecule has 0 saturated heterocycles.